The molecule has 0 unspecified atom stereocenters. The summed E-state index contributed by atoms with van der Waals surface area (Å²) in [7, 11) is 3.47. The first kappa shape index (κ1) is 20.7. The molecule has 1 amide bonds. The molecule has 1 aromatic heterocycles. The van der Waals surface area contributed by atoms with Gasteiger partial charge in [-0.15, -0.1) is 34.2 Å². The van der Waals surface area contributed by atoms with Gasteiger partial charge in [-0.3, -0.25) is 4.79 Å². The molecule has 1 aromatic rings. The Labute approximate surface area is 160 Å². The van der Waals surface area contributed by atoms with Gasteiger partial charge in [0.05, 0.1) is 6.54 Å². The van der Waals surface area contributed by atoms with Crippen molar-refractivity contribution in [2.24, 2.45) is 4.99 Å². The van der Waals surface area contributed by atoms with Gasteiger partial charge >= 0.3 is 0 Å². The van der Waals surface area contributed by atoms with Crippen LogP contribution in [0.4, 0.5) is 0 Å². The third-order valence-electron chi connectivity index (χ3n) is 3.81. The number of likely N-dealkylation sites (N-methyl/N-ethyl adjacent to an activating group) is 1. The van der Waals surface area contributed by atoms with Crippen LogP contribution in [-0.4, -0.2) is 58.7 Å². The summed E-state index contributed by atoms with van der Waals surface area (Å²) in [6.45, 7) is 4.37. The van der Waals surface area contributed by atoms with Gasteiger partial charge < -0.3 is 20.1 Å². The molecule has 0 aromatic carbocycles. The van der Waals surface area contributed by atoms with Crippen LogP contribution in [0.25, 0.3) is 0 Å². The topological polar surface area (TPSA) is 87.4 Å². The fraction of sp³-hybridized carbons (Fsp3) is 0.733. The number of aromatic nitrogens is 3. The number of nitrogens with one attached hydrogen (secondary N) is 2. The van der Waals surface area contributed by atoms with Crippen LogP contribution in [0.1, 0.15) is 37.8 Å². The lowest BCUT2D eigenvalue weighted by Crippen LogP contribution is -2.42. The highest BCUT2D eigenvalue weighted by molar-refractivity contribution is 14.0. The van der Waals surface area contributed by atoms with Gasteiger partial charge in [0.15, 0.2) is 11.8 Å². The van der Waals surface area contributed by atoms with Crippen LogP contribution in [0, 0.1) is 0 Å². The first-order valence-electron chi connectivity index (χ1n) is 8.25. The van der Waals surface area contributed by atoms with E-state index in [1.54, 1.807) is 19.0 Å². The first-order chi connectivity index (χ1) is 11.1. The predicted molar refractivity (Wildman–Crippen MR) is 105 cm³/mol. The molecule has 1 aliphatic rings. The number of fused-ring (bicyclic) bond motifs is 1. The normalized spacial score (nSPS) is 14.2. The molecule has 136 valence electrons. The molecular formula is C15H28IN7O. The van der Waals surface area contributed by atoms with E-state index < -0.39 is 0 Å². The van der Waals surface area contributed by atoms with Crippen LogP contribution < -0.4 is 10.6 Å². The average Bonchev–Trinajstić information content (AvgIpc) is 2.76. The van der Waals surface area contributed by atoms with Crippen LogP contribution in [0.2, 0.25) is 0 Å². The van der Waals surface area contributed by atoms with E-state index in [-0.39, 0.29) is 36.4 Å². The van der Waals surface area contributed by atoms with E-state index >= 15 is 0 Å². The Hall–Kier alpha value is -1.39. The maximum atomic E-state index is 11.7. The maximum absolute atomic E-state index is 11.7. The van der Waals surface area contributed by atoms with Crippen molar-refractivity contribution in [3.63, 3.8) is 0 Å². The Bertz CT molecular complexity index is 556. The second kappa shape index (κ2) is 10.5. The Morgan fingerprint density at radius 2 is 2.04 bits per heavy atom. The zero-order valence-electron chi connectivity index (χ0n) is 14.7. The van der Waals surface area contributed by atoms with Gasteiger partial charge in [0.25, 0.3) is 0 Å². The minimum atomic E-state index is 0. The smallest absolute Gasteiger partial charge is 0.241 e. The molecule has 2 N–H and O–H groups in total. The van der Waals surface area contributed by atoms with E-state index in [9.17, 15) is 4.79 Å². The number of carbonyl (C=O) groups is 1. The molecule has 9 heteroatoms. The van der Waals surface area contributed by atoms with Crippen molar-refractivity contribution in [2.75, 3.05) is 27.2 Å². The Kier molecular flexibility index (Phi) is 9.01. The molecule has 2 rings (SSSR count). The van der Waals surface area contributed by atoms with Crippen molar-refractivity contribution >= 4 is 35.8 Å². The zero-order chi connectivity index (χ0) is 16.7. The van der Waals surface area contributed by atoms with E-state index in [0.29, 0.717) is 12.5 Å². The van der Waals surface area contributed by atoms with Crippen molar-refractivity contribution in [1.82, 2.24) is 30.3 Å². The number of guanidine groups is 1. The van der Waals surface area contributed by atoms with Gasteiger partial charge in [0.1, 0.15) is 12.4 Å². The lowest BCUT2D eigenvalue weighted by molar-refractivity contribution is -0.127. The molecule has 1 aliphatic heterocycles. The molecule has 0 fully saturated rings. The number of carbonyl (C=O) groups excluding carboxylic acids is 1. The molecule has 0 atom stereocenters. The standard InChI is InChI=1S/C15H27N7O.HI/c1-4-16-15(18-11-14(23)21(2)3)17-10-13-20-19-12-8-6-5-7-9-22(12)13;/h4-11H2,1-3H3,(H2,16,17,18);1H. The Morgan fingerprint density at radius 3 is 2.75 bits per heavy atom. The fourth-order valence-corrected chi connectivity index (χ4v) is 2.47. The predicted octanol–water partition coefficient (Wildman–Crippen LogP) is 0.766. The van der Waals surface area contributed by atoms with E-state index in [0.717, 1.165) is 37.6 Å². The molecule has 0 saturated heterocycles. The van der Waals surface area contributed by atoms with Crippen molar-refractivity contribution in [3.05, 3.63) is 11.6 Å². The van der Waals surface area contributed by atoms with Crippen molar-refractivity contribution in [3.8, 4) is 0 Å². The lowest BCUT2D eigenvalue weighted by Gasteiger charge is -2.14. The number of hydrogen-bond donors (Lipinski definition) is 2. The zero-order valence-corrected chi connectivity index (χ0v) is 17.0. The fourth-order valence-electron chi connectivity index (χ4n) is 2.47. The molecular weight excluding hydrogens is 421 g/mol. The lowest BCUT2D eigenvalue weighted by atomic mass is 10.2. The maximum Gasteiger partial charge on any atom is 0.241 e. The summed E-state index contributed by atoms with van der Waals surface area (Å²) in [6.07, 6.45) is 4.57. The minimum Gasteiger partial charge on any atom is -0.357 e. The number of amides is 1. The number of aryl methyl sites for hydroxylation is 1. The number of hydrogen-bond acceptors (Lipinski definition) is 4. The van der Waals surface area contributed by atoms with Gasteiger partial charge in [-0.2, -0.15) is 0 Å². The van der Waals surface area contributed by atoms with E-state index in [2.05, 4.69) is 30.4 Å². The molecule has 0 radical (unpaired) electrons. The molecule has 2 heterocycles. The highest BCUT2D eigenvalue weighted by Crippen LogP contribution is 2.14. The monoisotopic (exact) mass is 449 g/mol. The quantitative estimate of drug-likeness (QED) is 0.394. The van der Waals surface area contributed by atoms with Gasteiger partial charge in [0, 0.05) is 33.6 Å². The second-order valence-corrected chi connectivity index (χ2v) is 5.83. The average molecular weight is 449 g/mol. The molecule has 8 nitrogen and oxygen atoms in total. The molecule has 0 saturated carbocycles. The summed E-state index contributed by atoms with van der Waals surface area (Å²) in [5.41, 5.74) is 0. The van der Waals surface area contributed by atoms with Gasteiger partial charge in [-0.1, -0.05) is 6.42 Å². The molecule has 24 heavy (non-hydrogen) atoms. The van der Waals surface area contributed by atoms with Crippen LogP contribution >= 0.6 is 24.0 Å². The number of halogens is 1. The Balaban J connectivity index is 0.00000288. The van der Waals surface area contributed by atoms with Crippen molar-refractivity contribution in [1.29, 1.82) is 0 Å². The summed E-state index contributed by atoms with van der Waals surface area (Å²) in [5.74, 6) is 2.58. The largest absolute Gasteiger partial charge is 0.357 e. The van der Waals surface area contributed by atoms with Gasteiger partial charge in [0.2, 0.25) is 5.91 Å². The van der Waals surface area contributed by atoms with Crippen LogP contribution in [0.5, 0.6) is 0 Å². The highest BCUT2D eigenvalue weighted by atomic mass is 127. The summed E-state index contributed by atoms with van der Waals surface area (Å²) in [6, 6.07) is 0. The van der Waals surface area contributed by atoms with Crippen molar-refractivity contribution in [2.45, 2.75) is 45.7 Å². The van der Waals surface area contributed by atoms with Gasteiger partial charge in [-0.05, 0) is 19.8 Å². The summed E-state index contributed by atoms with van der Waals surface area (Å²) >= 11 is 0. The SMILES string of the molecule is CCNC(=NCc1nnc2n1CCCCC2)NCC(=O)N(C)C.I. The van der Waals surface area contributed by atoms with Crippen LogP contribution in [-0.2, 0) is 24.3 Å². The molecule has 0 aliphatic carbocycles. The number of nitrogens with zero attached hydrogens (tertiary/aromatic N) is 5. The number of aliphatic imine (C=N–C) groups is 1. The number of rotatable bonds is 5. The second-order valence-electron chi connectivity index (χ2n) is 5.83. The van der Waals surface area contributed by atoms with E-state index in [1.807, 2.05) is 6.92 Å². The molecule has 0 bridgehead atoms. The van der Waals surface area contributed by atoms with E-state index in [4.69, 9.17) is 0 Å². The summed E-state index contributed by atoms with van der Waals surface area (Å²) in [5, 5.41) is 14.7. The van der Waals surface area contributed by atoms with Crippen LogP contribution in [0.15, 0.2) is 4.99 Å². The minimum absolute atomic E-state index is 0. The highest BCUT2D eigenvalue weighted by Gasteiger charge is 2.14. The third-order valence-corrected chi connectivity index (χ3v) is 3.81. The van der Waals surface area contributed by atoms with Crippen LogP contribution in [0.3, 0.4) is 0 Å². The van der Waals surface area contributed by atoms with Crippen molar-refractivity contribution < 1.29 is 4.79 Å². The first-order valence-corrected chi connectivity index (χ1v) is 8.25. The summed E-state index contributed by atoms with van der Waals surface area (Å²) in [4.78, 5) is 17.7. The van der Waals surface area contributed by atoms with E-state index in [1.165, 1.54) is 12.8 Å². The molecule has 0 spiro atoms. The Morgan fingerprint density at radius 1 is 1.25 bits per heavy atom. The third kappa shape index (κ3) is 5.91. The summed E-state index contributed by atoms with van der Waals surface area (Å²) < 4.78 is 2.19. The van der Waals surface area contributed by atoms with Gasteiger partial charge in [-0.25, -0.2) is 4.99 Å².